The first kappa shape index (κ1) is 22.6. The highest BCUT2D eigenvalue weighted by Gasteiger charge is 2.28. The standard InChI is InChI=1S/C24H22N4O3S2/c1-17-12-14-20(15-13-17)33(30,31)28(21-11-7-6-8-18(21)2)16-22(29)25-24-27-26-23(32-24)19-9-4-3-5-10-19/h3-15H,16H2,1-2H3,(H,25,27,29). The lowest BCUT2D eigenvalue weighted by Gasteiger charge is -2.25. The van der Waals surface area contributed by atoms with E-state index >= 15 is 0 Å². The zero-order valence-electron chi connectivity index (χ0n) is 18.1. The van der Waals surface area contributed by atoms with Gasteiger partial charge in [0.2, 0.25) is 11.0 Å². The van der Waals surface area contributed by atoms with E-state index in [0.29, 0.717) is 15.8 Å². The Labute approximate surface area is 196 Å². The number of aryl methyl sites for hydroxylation is 2. The predicted molar refractivity (Wildman–Crippen MR) is 131 cm³/mol. The van der Waals surface area contributed by atoms with Crippen molar-refractivity contribution < 1.29 is 13.2 Å². The monoisotopic (exact) mass is 478 g/mol. The van der Waals surface area contributed by atoms with E-state index in [1.54, 1.807) is 36.4 Å². The Bertz CT molecular complexity index is 1370. The van der Waals surface area contributed by atoms with Crippen molar-refractivity contribution >= 4 is 38.1 Å². The highest BCUT2D eigenvalue weighted by Crippen LogP contribution is 2.28. The first-order valence-corrected chi connectivity index (χ1v) is 12.4. The number of nitrogens with zero attached hydrogens (tertiary/aromatic N) is 3. The summed E-state index contributed by atoms with van der Waals surface area (Å²) in [7, 11) is -3.98. The van der Waals surface area contributed by atoms with Crippen LogP contribution in [-0.4, -0.2) is 31.1 Å². The van der Waals surface area contributed by atoms with E-state index in [0.717, 1.165) is 21.0 Å². The molecule has 1 amide bonds. The fraction of sp³-hybridized carbons (Fsp3) is 0.125. The average Bonchev–Trinajstić information content (AvgIpc) is 3.27. The zero-order valence-corrected chi connectivity index (χ0v) is 19.7. The van der Waals surface area contributed by atoms with Crippen molar-refractivity contribution in [2.75, 3.05) is 16.2 Å². The molecule has 1 heterocycles. The molecule has 0 bridgehead atoms. The number of benzene rings is 3. The molecule has 33 heavy (non-hydrogen) atoms. The van der Waals surface area contributed by atoms with Gasteiger partial charge in [-0.2, -0.15) is 0 Å². The molecule has 0 aliphatic heterocycles. The summed E-state index contributed by atoms with van der Waals surface area (Å²) in [6.07, 6.45) is 0. The molecule has 7 nitrogen and oxygen atoms in total. The Morgan fingerprint density at radius 3 is 2.27 bits per heavy atom. The molecule has 4 rings (SSSR count). The average molecular weight is 479 g/mol. The number of sulfonamides is 1. The Morgan fingerprint density at radius 2 is 1.58 bits per heavy atom. The van der Waals surface area contributed by atoms with E-state index in [-0.39, 0.29) is 4.90 Å². The molecule has 0 aliphatic rings. The molecule has 0 unspecified atom stereocenters. The summed E-state index contributed by atoms with van der Waals surface area (Å²) in [4.78, 5) is 13.0. The van der Waals surface area contributed by atoms with Gasteiger partial charge < -0.3 is 0 Å². The highest BCUT2D eigenvalue weighted by molar-refractivity contribution is 7.92. The molecule has 0 atom stereocenters. The smallest absolute Gasteiger partial charge is 0.264 e. The summed E-state index contributed by atoms with van der Waals surface area (Å²) in [6, 6.07) is 23.1. The minimum absolute atomic E-state index is 0.117. The number of para-hydroxylation sites is 1. The second kappa shape index (κ2) is 9.51. The first-order chi connectivity index (χ1) is 15.8. The van der Waals surface area contributed by atoms with Crippen molar-refractivity contribution in [3.63, 3.8) is 0 Å². The number of carbonyl (C=O) groups is 1. The topological polar surface area (TPSA) is 92.3 Å². The summed E-state index contributed by atoms with van der Waals surface area (Å²) >= 11 is 1.22. The van der Waals surface area contributed by atoms with E-state index in [9.17, 15) is 13.2 Å². The van der Waals surface area contributed by atoms with Crippen LogP contribution in [0.2, 0.25) is 0 Å². The van der Waals surface area contributed by atoms with Crippen LogP contribution in [0.25, 0.3) is 10.6 Å². The minimum Gasteiger partial charge on any atom is -0.299 e. The van der Waals surface area contributed by atoms with Crippen LogP contribution in [-0.2, 0) is 14.8 Å². The van der Waals surface area contributed by atoms with Gasteiger partial charge in [0.25, 0.3) is 10.0 Å². The molecule has 4 aromatic rings. The Hall–Kier alpha value is -3.56. The minimum atomic E-state index is -3.98. The van der Waals surface area contributed by atoms with E-state index in [1.165, 1.54) is 11.3 Å². The number of hydrogen-bond donors (Lipinski definition) is 1. The van der Waals surface area contributed by atoms with Crippen molar-refractivity contribution in [2.45, 2.75) is 18.7 Å². The van der Waals surface area contributed by atoms with Crippen LogP contribution in [0, 0.1) is 13.8 Å². The molecule has 0 spiro atoms. The molecule has 168 valence electrons. The van der Waals surface area contributed by atoms with Crippen LogP contribution in [0.5, 0.6) is 0 Å². The quantitative estimate of drug-likeness (QED) is 0.417. The molecule has 0 saturated heterocycles. The van der Waals surface area contributed by atoms with Gasteiger partial charge in [-0.05, 0) is 37.6 Å². The van der Waals surface area contributed by atoms with Gasteiger partial charge in [0, 0.05) is 5.56 Å². The van der Waals surface area contributed by atoms with Crippen molar-refractivity contribution in [1.82, 2.24) is 10.2 Å². The lowest BCUT2D eigenvalue weighted by Crippen LogP contribution is -2.38. The van der Waals surface area contributed by atoms with Gasteiger partial charge in [-0.15, -0.1) is 10.2 Å². The van der Waals surface area contributed by atoms with Crippen LogP contribution in [0.1, 0.15) is 11.1 Å². The van der Waals surface area contributed by atoms with Gasteiger partial charge in [-0.3, -0.25) is 14.4 Å². The maximum absolute atomic E-state index is 13.5. The zero-order chi connectivity index (χ0) is 23.4. The molecule has 1 N–H and O–H groups in total. The van der Waals surface area contributed by atoms with Crippen LogP contribution >= 0.6 is 11.3 Å². The third-order valence-electron chi connectivity index (χ3n) is 4.97. The number of hydrogen-bond acceptors (Lipinski definition) is 6. The SMILES string of the molecule is Cc1ccc(S(=O)(=O)N(CC(=O)Nc2nnc(-c3ccccc3)s2)c2ccccc2C)cc1. The Kier molecular flexibility index (Phi) is 6.52. The van der Waals surface area contributed by atoms with E-state index in [4.69, 9.17) is 0 Å². The molecule has 1 aromatic heterocycles. The first-order valence-electron chi connectivity index (χ1n) is 10.2. The maximum atomic E-state index is 13.5. The largest absolute Gasteiger partial charge is 0.299 e. The van der Waals surface area contributed by atoms with Gasteiger partial charge in [0.05, 0.1) is 10.6 Å². The second-order valence-electron chi connectivity index (χ2n) is 7.44. The normalized spacial score (nSPS) is 11.2. The third kappa shape index (κ3) is 5.10. The summed E-state index contributed by atoms with van der Waals surface area (Å²) in [5, 5.41) is 11.8. The van der Waals surface area contributed by atoms with Gasteiger partial charge >= 0.3 is 0 Å². The summed E-state index contributed by atoms with van der Waals surface area (Å²) in [6.45, 7) is 3.29. The summed E-state index contributed by atoms with van der Waals surface area (Å²) in [5.41, 5.74) is 3.01. The van der Waals surface area contributed by atoms with Crippen LogP contribution < -0.4 is 9.62 Å². The van der Waals surface area contributed by atoms with Crippen LogP contribution in [0.3, 0.4) is 0 Å². The van der Waals surface area contributed by atoms with Crippen molar-refractivity contribution in [1.29, 1.82) is 0 Å². The fourth-order valence-corrected chi connectivity index (χ4v) is 5.49. The van der Waals surface area contributed by atoms with Crippen LogP contribution in [0.4, 0.5) is 10.8 Å². The van der Waals surface area contributed by atoms with Crippen molar-refractivity contribution in [3.05, 3.63) is 90.0 Å². The van der Waals surface area contributed by atoms with Gasteiger partial charge in [-0.1, -0.05) is 77.6 Å². The number of aromatic nitrogens is 2. The number of anilines is 2. The number of carbonyl (C=O) groups excluding carboxylic acids is 1. The number of amides is 1. The van der Waals surface area contributed by atoms with E-state index in [2.05, 4.69) is 15.5 Å². The highest BCUT2D eigenvalue weighted by atomic mass is 32.2. The summed E-state index contributed by atoms with van der Waals surface area (Å²) < 4.78 is 28.1. The third-order valence-corrected chi connectivity index (χ3v) is 7.63. The number of nitrogens with one attached hydrogen (secondary N) is 1. The lowest BCUT2D eigenvalue weighted by atomic mass is 10.2. The predicted octanol–water partition coefficient (Wildman–Crippen LogP) is 4.66. The molecule has 0 aliphatic carbocycles. The molecule has 9 heteroatoms. The summed E-state index contributed by atoms with van der Waals surface area (Å²) in [5.74, 6) is -0.510. The molecule has 0 fully saturated rings. The van der Waals surface area contributed by atoms with Gasteiger partial charge in [-0.25, -0.2) is 8.42 Å². The molecular weight excluding hydrogens is 456 g/mol. The molecule has 0 radical (unpaired) electrons. The Balaban J connectivity index is 1.61. The van der Waals surface area contributed by atoms with Gasteiger partial charge in [0.15, 0.2) is 0 Å². The second-order valence-corrected chi connectivity index (χ2v) is 10.3. The van der Waals surface area contributed by atoms with E-state index < -0.39 is 22.5 Å². The van der Waals surface area contributed by atoms with E-state index in [1.807, 2.05) is 56.3 Å². The molecule has 0 saturated carbocycles. The van der Waals surface area contributed by atoms with Crippen LogP contribution in [0.15, 0.2) is 83.8 Å². The lowest BCUT2D eigenvalue weighted by molar-refractivity contribution is -0.114. The molecular formula is C24H22N4O3S2. The Morgan fingerprint density at radius 1 is 0.909 bits per heavy atom. The fourth-order valence-electron chi connectivity index (χ4n) is 3.24. The molecule has 3 aromatic carbocycles. The number of rotatable bonds is 7. The van der Waals surface area contributed by atoms with Crippen molar-refractivity contribution in [3.8, 4) is 10.6 Å². The maximum Gasteiger partial charge on any atom is 0.264 e. The van der Waals surface area contributed by atoms with Gasteiger partial charge in [0.1, 0.15) is 11.6 Å². The van der Waals surface area contributed by atoms with Crippen molar-refractivity contribution in [2.24, 2.45) is 0 Å².